The van der Waals surface area contributed by atoms with Crippen molar-refractivity contribution in [1.82, 2.24) is 0 Å². The Labute approximate surface area is 140 Å². The fourth-order valence-corrected chi connectivity index (χ4v) is 3.34. The smallest absolute Gasteiger partial charge is 0.321 e. The highest BCUT2D eigenvalue weighted by Gasteiger charge is 2.57. The van der Waals surface area contributed by atoms with Gasteiger partial charge in [0.2, 0.25) is 0 Å². The lowest BCUT2D eigenvalue weighted by atomic mass is 9.72. The molecule has 0 saturated carbocycles. The number of cyclic esters (lactones) is 1. The predicted molar refractivity (Wildman–Crippen MR) is 83.7 cm³/mol. The maximum Gasteiger partial charge on any atom is 0.321 e. The van der Waals surface area contributed by atoms with E-state index in [-0.39, 0.29) is 12.4 Å². The number of hydrogen-bond acceptors (Lipinski definition) is 5. The fraction of sp³-hybridized carbons (Fsp3) is 0.500. The molecule has 2 rings (SSSR count). The zero-order chi connectivity index (χ0) is 18.1. The van der Waals surface area contributed by atoms with Crippen LogP contribution in [-0.2, 0) is 19.1 Å². The lowest BCUT2D eigenvalue weighted by Crippen LogP contribution is -2.41. The van der Waals surface area contributed by atoms with Crippen LogP contribution in [0, 0.1) is 23.6 Å². The van der Waals surface area contributed by atoms with Gasteiger partial charge in [-0.15, -0.1) is 0 Å². The Kier molecular flexibility index (Phi) is 5.06. The molecule has 0 amide bonds. The second-order valence-electron chi connectivity index (χ2n) is 6.44. The summed E-state index contributed by atoms with van der Waals surface area (Å²) in [5.41, 5.74) is -0.662. The van der Waals surface area contributed by atoms with Crippen LogP contribution in [0.4, 0.5) is 4.39 Å². The first-order valence-corrected chi connectivity index (χ1v) is 7.88. The second-order valence-corrected chi connectivity index (χ2v) is 6.44. The van der Waals surface area contributed by atoms with E-state index >= 15 is 0 Å². The van der Waals surface area contributed by atoms with Crippen LogP contribution < -0.4 is 0 Å². The van der Waals surface area contributed by atoms with E-state index in [2.05, 4.69) is 0 Å². The number of carbonyl (C=O) groups excluding carboxylic acids is 3. The topological polar surface area (TPSA) is 69.7 Å². The predicted octanol–water partition coefficient (Wildman–Crippen LogP) is 2.78. The van der Waals surface area contributed by atoms with Gasteiger partial charge in [-0.05, 0) is 45.0 Å². The van der Waals surface area contributed by atoms with E-state index in [0.717, 1.165) is 0 Å². The van der Waals surface area contributed by atoms with Crippen molar-refractivity contribution in [2.24, 2.45) is 17.8 Å². The molecule has 0 spiro atoms. The number of Topliss-reactive ketones (excluding diaryl/α,β-unsaturated/α-hetero) is 1. The number of esters is 2. The lowest BCUT2D eigenvalue weighted by molar-refractivity contribution is -0.157. The van der Waals surface area contributed by atoms with Gasteiger partial charge in [-0.2, -0.15) is 0 Å². The Morgan fingerprint density at radius 2 is 1.88 bits per heavy atom. The molecule has 130 valence electrons. The van der Waals surface area contributed by atoms with Crippen molar-refractivity contribution in [3.05, 3.63) is 35.6 Å². The number of benzene rings is 1. The summed E-state index contributed by atoms with van der Waals surface area (Å²) >= 11 is 0. The van der Waals surface area contributed by atoms with Crippen LogP contribution in [0.2, 0.25) is 0 Å². The number of hydrogen-bond donors (Lipinski definition) is 0. The van der Waals surface area contributed by atoms with Crippen molar-refractivity contribution in [2.45, 2.75) is 33.3 Å². The largest absolute Gasteiger partial charge is 0.465 e. The molecule has 1 fully saturated rings. The van der Waals surface area contributed by atoms with Crippen LogP contribution in [0.15, 0.2) is 24.3 Å². The number of carbonyl (C=O) groups is 3. The van der Waals surface area contributed by atoms with Gasteiger partial charge in [0.15, 0.2) is 11.7 Å². The molecule has 3 atom stereocenters. The molecule has 6 heteroatoms. The number of halogens is 1. The highest BCUT2D eigenvalue weighted by Crippen LogP contribution is 2.43. The van der Waals surface area contributed by atoms with E-state index < -0.39 is 41.1 Å². The van der Waals surface area contributed by atoms with Crippen LogP contribution in [0.3, 0.4) is 0 Å². The molecule has 1 aromatic carbocycles. The van der Waals surface area contributed by atoms with Gasteiger partial charge in [0.25, 0.3) is 0 Å². The molecular weight excluding hydrogens is 315 g/mol. The fourth-order valence-electron chi connectivity index (χ4n) is 3.34. The van der Waals surface area contributed by atoms with Crippen LogP contribution >= 0.6 is 0 Å². The standard InChI is InChI=1S/C18H21FO5/c1-5-23-16(21)13-14(18(3,4)24-17(13)22)10(2)15(20)11-6-8-12(19)9-7-11/h6-10,13-14H,5H2,1-4H3/t10-,13+,14-/m0/s1. The van der Waals surface area contributed by atoms with Crippen LogP contribution in [0.25, 0.3) is 0 Å². The zero-order valence-electron chi connectivity index (χ0n) is 14.2. The van der Waals surface area contributed by atoms with Crippen molar-refractivity contribution in [3.63, 3.8) is 0 Å². The van der Waals surface area contributed by atoms with Gasteiger partial charge in [-0.3, -0.25) is 14.4 Å². The van der Waals surface area contributed by atoms with Crippen molar-refractivity contribution < 1.29 is 28.2 Å². The first-order valence-electron chi connectivity index (χ1n) is 7.88. The molecule has 1 aliphatic heterocycles. The molecule has 1 aromatic rings. The van der Waals surface area contributed by atoms with Gasteiger partial charge in [-0.1, -0.05) is 6.92 Å². The number of ketones is 1. The summed E-state index contributed by atoms with van der Waals surface area (Å²) in [5.74, 6) is -4.56. The molecule has 1 heterocycles. The molecule has 1 aliphatic rings. The van der Waals surface area contributed by atoms with Crippen LogP contribution in [-0.4, -0.2) is 29.9 Å². The summed E-state index contributed by atoms with van der Waals surface area (Å²) in [6.07, 6.45) is 0. The van der Waals surface area contributed by atoms with Crippen molar-refractivity contribution >= 4 is 17.7 Å². The molecule has 0 bridgehead atoms. The molecule has 1 saturated heterocycles. The highest BCUT2D eigenvalue weighted by molar-refractivity contribution is 6.01. The molecule has 24 heavy (non-hydrogen) atoms. The van der Waals surface area contributed by atoms with E-state index in [1.807, 2.05) is 0 Å². The van der Waals surface area contributed by atoms with E-state index in [1.165, 1.54) is 24.3 Å². The number of rotatable bonds is 5. The first kappa shape index (κ1) is 18.1. The maximum absolute atomic E-state index is 13.0. The normalized spacial score (nSPS) is 23.5. The van der Waals surface area contributed by atoms with Gasteiger partial charge in [0.05, 0.1) is 6.61 Å². The number of ether oxygens (including phenoxy) is 2. The monoisotopic (exact) mass is 336 g/mol. The van der Waals surface area contributed by atoms with Crippen molar-refractivity contribution in [3.8, 4) is 0 Å². The third-order valence-corrected chi connectivity index (χ3v) is 4.40. The average molecular weight is 336 g/mol. The molecule has 0 unspecified atom stereocenters. The molecule has 0 N–H and O–H groups in total. The minimum atomic E-state index is -1.14. The van der Waals surface area contributed by atoms with Crippen LogP contribution in [0.5, 0.6) is 0 Å². The quantitative estimate of drug-likeness (QED) is 0.470. The third-order valence-electron chi connectivity index (χ3n) is 4.40. The summed E-state index contributed by atoms with van der Waals surface area (Å²) in [7, 11) is 0. The van der Waals surface area contributed by atoms with Gasteiger partial charge in [0.1, 0.15) is 11.4 Å². The first-order chi connectivity index (χ1) is 11.2. The minimum Gasteiger partial charge on any atom is -0.465 e. The van der Waals surface area contributed by atoms with E-state index in [4.69, 9.17) is 9.47 Å². The summed E-state index contributed by atoms with van der Waals surface area (Å²) in [6.45, 7) is 6.76. The lowest BCUT2D eigenvalue weighted by Gasteiger charge is -2.30. The van der Waals surface area contributed by atoms with Gasteiger partial charge in [0, 0.05) is 17.4 Å². The Balaban J connectivity index is 2.33. The van der Waals surface area contributed by atoms with Crippen molar-refractivity contribution in [1.29, 1.82) is 0 Å². The molecular formula is C18H21FO5. The van der Waals surface area contributed by atoms with E-state index in [0.29, 0.717) is 5.56 Å². The summed E-state index contributed by atoms with van der Waals surface area (Å²) in [4.78, 5) is 37.0. The minimum absolute atomic E-state index is 0.135. The van der Waals surface area contributed by atoms with Gasteiger partial charge < -0.3 is 9.47 Å². The zero-order valence-corrected chi connectivity index (χ0v) is 14.2. The molecule has 0 radical (unpaired) electrons. The highest BCUT2D eigenvalue weighted by atomic mass is 19.1. The maximum atomic E-state index is 13.0. The van der Waals surface area contributed by atoms with Gasteiger partial charge in [-0.25, -0.2) is 4.39 Å². The van der Waals surface area contributed by atoms with E-state index in [1.54, 1.807) is 27.7 Å². The Morgan fingerprint density at radius 3 is 2.42 bits per heavy atom. The summed E-state index contributed by atoms with van der Waals surface area (Å²) in [6, 6.07) is 5.17. The van der Waals surface area contributed by atoms with Crippen LogP contribution in [0.1, 0.15) is 38.1 Å². The summed E-state index contributed by atoms with van der Waals surface area (Å²) < 4.78 is 23.3. The summed E-state index contributed by atoms with van der Waals surface area (Å²) in [5, 5.41) is 0. The third kappa shape index (κ3) is 3.32. The Hall–Kier alpha value is -2.24. The molecule has 0 aromatic heterocycles. The second kappa shape index (κ2) is 6.71. The average Bonchev–Trinajstić information content (AvgIpc) is 2.75. The molecule has 5 nitrogen and oxygen atoms in total. The van der Waals surface area contributed by atoms with Crippen molar-refractivity contribution in [2.75, 3.05) is 6.61 Å². The van der Waals surface area contributed by atoms with E-state index in [9.17, 15) is 18.8 Å². The SMILES string of the molecule is CCOC(=O)[C@@H]1C(=O)OC(C)(C)[C@H]1[C@H](C)C(=O)c1ccc(F)cc1. The molecule has 0 aliphatic carbocycles. The Bertz CT molecular complexity index is 650. The Morgan fingerprint density at radius 1 is 1.29 bits per heavy atom. The van der Waals surface area contributed by atoms with Gasteiger partial charge >= 0.3 is 11.9 Å².